The van der Waals surface area contributed by atoms with E-state index in [2.05, 4.69) is 15.9 Å². The molecule has 1 nitrogen and oxygen atoms in total. The summed E-state index contributed by atoms with van der Waals surface area (Å²) >= 11 is 3.19. The van der Waals surface area contributed by atoms with Gasteiger partial charge in [-0.25, -0.2) is 0 Å². The summed E-state index contributed by atoms with van der Waals surface area (Å²) in [5, 5.41) is 9.50. The molecule has 0 heterocycles. The molecule has 0 radical (unpaired) electrons. The highest BCUT2D eigenvalue weighted by Crippen LogP contribution is 2.42. The summed E-state index contributed by atoms with van der Waals surface area (Å²) in [7, 11) is 0. The van der Waals surface area contributed by atoms with Gasteiger partial charge in [0.05, 0.1) is 0 Å². The molecule has 1 unspecified atom stereocenters. The maximum absolute atomic E-state index is 12.5. The first kappa shape index (κ1) is 11.0. The van der Waals surface area contributed by atoms with Gasteiger partial charge in [-0.2, -0.15) is 13.2 Å². The Morgan fingerprint density at radius 3 is 2.40 bits per heavy atom. The Balaban J connectivity index is 2.37. The van der Waals surface area contributed by atoms with Gasteiger partial charge in [0.1, 0.15) is 0 Å². The monoisotopic (exact) mass is 280 g/mol. The summed E-state index contributed by atoms with van der Waals surface area (Å²) in [6, 6.07) is 4.92. The summed E-state index contributed by atoms with van der Waals surface area (Å²) in [6.07, 6.45) is -5.27. The predicted molar refractivity (Wildman–Crippen MR) is 52.6 cm³/mol. The molecule has 0 saturated heterocycles. The standard InChI is InChI=1S/C10H8BrF3O/c11-8-2-1-6-4-9(15,10(12,13)14)5-7(6)3-8/h1-3,15H,4-5H2. The molecule has 0 aromatic heterocycles. The second-order valence-electron chi connectivity index (χ2n) is 3.80. The fourth-order valence-electron chi connectivity index (χ4n) is 1.82. The summed E-state index contributed by atoms with van der Waals surface area (Å²) < 4.78 is 38.4. The molecule has 0 fully saturated rings. The Morgan fingerprint density at radius 1 is 1.20 bits per heavy atom. The second-order valence-corrected chi connectivity index (χ2v) is 4.71. The first-order valence-corrected chi connectivity index (χ1v) is 5.17. The molecule has 1 aliphatic carbocycles. The maximum Gasteiger partial charge on any atom is 0.417 e. The Morgan fingerprint density at radius 2 is 1.80 bits per heavy atom. The topological polar surface area (TPSA) is 20.2 Å². The summed E-state index contributed by atoms with van der Waals surface area (Å²) in [4.78, 5) is 0. The molecular formula is C10H8BrF3O. The molecule has 2 rings (SSSR count). The highest BCUT2D eigenvalue weighted by atomic mass is 79.9. The zero-order valence-electron chi connectivity index (χ0n) is 7.61. The zero-order valence-corrected chi connectivity index (χ0v) is 9.19. The van der Waals surface area contributed by atoms with Crippen LogP contribution in [0.1, 0.15) is 11.1 Å². The fourth-order valence-corrected chi connectivity index (χ4v) is 2.23. The normalized spacial score (nSPS) is 25.4. The van der Waals surface area contributed by atoms with E-state index in [9.17, 15) is 18.3 Å². The van der Waals surface area contributed by atoms with Crippen molar-refractivity contribution in [3.8, 4) is 0 Å². The average molecular weight is 281 g/mol. The third-order valence-corrected chi connectivity index (χ3v) is 3.16. The van der Waals surface area contributed by atoms with E-state index in [1.54, 1.807) is 18.2 Å². The van der Waals surface area contributed by atoms with Crippen LogP contribution in [-0.4, -0.2) is 16.9 Å². The first-order valence-electron chi connectivity index (χ1n) is 4.38. The van der Waals surface area contributed by atoms with Crippen molar-refractivity contribution in [1.82, 2.24) is 0 Å². The lowest BCUT2D eigenvalue weighted by atomic mass is 10.0. The molecule has 1 aromatic carbocycles. The van der Waals surface area contributed by atoms with Crippen LogP contribution in [0.25, 0.3) is 0 Å². The number of benzene rings is 1. The molecule has 82 valence electrons. The number of rotatable bonds is 0. The van der Waals surface area contributed by atoms with Crippen molar-refractivity contribution in [2.45, 2.75) is 24.6 Å². The first-order chi connectivity index (χ1) is 6.82. The van der Waals surface area contributed by atoms with E-state index in [0.717, 1.165) is 4.47 Å². The molecule has 1 aromatic rings. The van der Waals surface area contributed by atoms with Gasteiger partial charge in [0.25, 0.3) is 0 Å². The van der Waals surface area contributed by atoms with E-state index in [4.69, 9.17) is 0 Å². The van der Waals surface area contributed by atoms with Gasteiger partial charge in [0.2, 0.25) is 0 Å². The summed E-state index contributed by atoms with van der Waals surface area (Å²) in [5.74, 6) is 0. The van der Waals surface area contributed by atoms with Crippen LogP contribution in [0.2, 0.25) is 0 Å². The Hall–Kier alpha value is -0.550. The smallest absolute Gasteiger partial charge is 0.380 e. The van der Waals surface area contributed by atoms with Gasteiger partial charge in [0, 0.05) is 17.3 Å². The third kappa shape index (κ3) is 1.78. The maximum atomic E-state index is 12.5. The molecule has 0 bridgehead atoms. The Kier molecular flexibility index (Phi) is 2.35. The van der Waals surface area contributed by atoms with Crippen LogP contribution in [-0.2, 0) is 12.8 Å². The molecule has 15 heavy (non-hydrogen) atoms. The lowest BCUT2D eigenvalue weighted by molar-refractivity contribution is -0.255. The molecular weight excluding hydrogens is 273 g/mol. The molecule has 1 N–H and O–H groups in total. The lowest BCUT2D eigenvalue weighted by Gasteiger charge is -2.25. The summed E-state index contributed by atoms with van der Waals surface area (Å²) in [6.45, 7) is 0. The van der Waals surface area contributed by atoms with Gasteiger partial charge >= 0.3 is 6.18 Å². The van der Waals surface area contributed by atoms with Gasteiger partial charge in [0.15, 0.2) is 5.60 Å². The Bertz CT molecular complexity index is 402. The number of alkyl halides is 3. The fraction of sp³-hybridized carbons (Fsp3) is 0.400. The van der Waals surface area contributed by atoms with E-state index >= 15 is 0 Å². The predicted octanol–water partition coefficient (Wildman–Crippen LogP) is 2.84. The highest BCUT2D eigenvalue weighted by molar-refractivity contribution is 9.10. The van der Waals surface area contributed by atoms with Crippen LogP contribution in [0.4, 0.5) is 13.2 Å². The van der Waals surface area contributed by atoms with Crippen molar-refractivity contribution >= 4 is 15.9 Å². The van der Waals surface area contributed by atoms with E-state index in [1.165, 1.54) is 0 Å². The average Bonchev–Trinajstić information content (AvgIpc) is 2.40. The second kappa shape index (κ2) is 3.22. The quantitative estimate of drug-likeness (QED) is 0.775. The minimum atomic E-state index is -4.57. The van der Waals surface area contributed by atoms with Crippen LogP contribution >= 0.6 is 15.9 Å². The molecule has 5 heteroatoms. The minimum absolute atomic E-state index is 0.348. The van der Waals surface area contributed by atoms with Crippen LogP contribution < -0.4 is 0 Å². The van der Waals surface area contributed by atoms with E-state index in [1.807, 2.05) is 0 Å². The van der Waals surface area contributed by atoms with Crippen LogP contribution in [0.5, 0.6) is 0 Å². The number of fused-ring (bicyclic) bond motifs is 1. The molecule has 0 saturated carbocycles. The number of halogens is 4. The van der Waals surface area contributed by atoms with Crippen molar-refractivity contribution in [3.63, 3.8) is 0 Å². The van der Waals surface area contributed by atoms with Crippen LogP contribution in [0.15, 0.2) is 22.7 Å². The molecule has 0 amide bonds. The zero-order chi connectivity index (χ0) is 11.3. The molecule has 0 aliphatic heterocycles. The van der Waals surface area contributed by atoms with E-state index in [0.29, 0.717) is 11.1 Å². The van der Waals surface area contributed by atoms with Gasteiger partial charge < -0.3 is 5.11 Å². The number of aliphatic hydroxyl groups is 1. The van der Waals surface area contributed by atoms with Crippen molar-refractivity contribution in [2.75, 3.05) is 0 Å². The number of hydrogen-bond acceptors (Lipinski definition) is 1. The highest BCUT2D eigenvalue weighted by Gasteiger charge is 2.56. The van der Waals surface area contributed by atoms with Crippen LogP contribution in [0, 0.1) is 0 Å². The van der Waals surface area contributed by atoms with Gasteiger partial charge in [-0.05, 0) is 23.3 Å². The Labute approximate surface area is 93.0 Å². The SMILES string of the molecule is OC1(C(F)(F)F)Cc2ccc(Br)cc2C1. The van der Waals surface area contributed by atoms with Crippen molar-refractivity contribution in [2.24, 2.45) is 0 Å². The minimum Gasteiger partial charge on any atom is -0.380 e. The molecule has 1 atom stereocenters. The summed E-state index contributed by atoms with van der Waals surface area (Å²) in [5.41, 5.74) is -1.46. The van der Waals surface area contributed by atoms with Gasteiger partial charge in [-0.3, -0.25) is 0 Å². The van der Waals surface area contributed by atoms with Crippen molar-refractivity contribution in [1.29, 1.82) is 0 Å². The van der Waals surface area contributed by atoms with E-state index < -0.39 is 11.8 Å². The lowest BCUT2D eigenvalue weighted by Crippen LogP contribution is -2.45. The van der Waals surface area contributed by atoms with Gasteiger partial charge in [-0.1, -0.05) is 22.0 Å². The largest absolute Gasteiger partial charge is 0.417 e. The molecule has 1 aliphatic rings. The molecule has 0 spiro atoms. The van der Waals surface area contributed by atoms with Crippen molar-refractivity contribution in [3.05, 3.63) is 33.8 Å². The number of hydrogen-bond donors (Lipinski definition) is 1. The van der Waals surface area contributed by atoms with Crippen LogP contribution in [0.3, 0.4) is 0 Å². The van der Waals surface area contributed by atoms with E-state index in [-0.39, 0.29) is 12.8 Å². The third-order valence-electron chi connectivity index (χ3n) is 2.66. The van der Waals surface area contributed by atoms with Gasteiger partial charge in [-0.15, -0.1) is 0 Å². The van der Waals surface area contributed by atoms with Crippen molar-refractivity contribution < 1.29 is 18.3 Å².